The van der Waals surface area contributed by atoms with Gasteiger partial charge in [-0.3, -0.25) is 0 Å². The van der Waals surface area contributed by atoms with Gasteiger partial charge < -0.3 is 10.4 Å². The number of rotatable bonds is 7. The van der Waals surface area contributed by atoms with E-state index in [0.717, 1.165) is 37.8 Å². The molecule has 1 aromatic heterocycles. The normalized spacial score (nSPS) is 15.2. The predicted octanol–water partition coefficient (Wildman–Crippen LogP) is 5.95. The molecule has 1 saturated carbocycles. The minimum absolute atomic E-state index is 0.00952. The molecule has 0 amide bonds. The molecule has 2 aromatic rings. The molecular formula is C20H22F3N3O2S2. The van der Waals surface area contributed by atoms with E-state index in [0.29, 0.717) is 21.0 Å². The molecule has 1 aromatic carbocycles. The number of anilines is 1. The zero-order valence-electron chi connectivity index (χ0n) is 16.3. The number of carboxylic acid groups (broad SMARTS) is 1. The van der Waals surface area contributed by atoms with Crippen molar-refractivity contribution >= 4 is 35.3 Å². The van der Waals surface area contributed by atoms with Crippen LogP contribution in [0.2, 0.25) is 0 Å². The van der Waals surface area contributed by atoms with Gasteiger partial charge in [-0.2, -0.15) is 13.2 Å². The third-order valence-corrected chi connectivity index (χ3v) is 6.69. The summed E-state index contributed by atoms with van der Waals surface area (Å²) in [7, 11) is 0. The lowest BCUT2D eigenvalue weighted by atomic mass is 10.0. The molecule has 0 aliphatic heterocycles. The van der Waals surface area contributed by atoms with E-state index in [1.165, 1.54) is 42.1 Å². The number of hydrogen-bond donors (Lipinski definition) is 2. The zero-order chi connectivity index (χ0) is 21.7. The number of carboxylic acids is 1. The van der Waals surface area contributed by atoms with Crippen LogP contribution in [0.3, 0.4) is 0 Å². The molecule has 1 aliphatic rings. The van der Waals surface area contributed by atoms with Gasteiger partial charge in [-0.1, -0.05) is 43.2 Å². The summed E-state index contributed by atoms with van der Waals surface area (Å²) in [6.45, 7) is 0.150. The molecule has 10 heteroatoms. The summed E-state index contributed by atoms with van der Waals surface area (Å²) in [5.74, 6) is -0.948. The second-order valence-corrected chi connectivity index (χ2v) is 9.03. The van der Waals surface area contributed by atoms with Gasteiger partial charge in [0, 0.05) is 11.8 Å². The molecule has 1 heterocycles. The number of halogens is 3. The van der Waals surface area contributed by atoms with Crippen molar-refractivity contribution in [3.63, 3.8) is 0 Å². The number of aromatic nitrogens is 2. The fraction of sp³-hybridized carbons (Fsp3) is 0.450. The second kappa shape index (κ2) is 9.91. The van der Waals surface area contributed by atoms with E-state index in [9.17, 15) is 23.1 Å². The predicted molar refractivity (Wildman–Crippen MR) is 112 cm³/mol. The van der Waals surface area contributed by atoms with Crippen LogP contribution >= 0.6 is 23.5 Å². The largest absolute Gasteiger partial charge is 0.477 e. The van der Waals surface area contributed by atoms with Crippen LogP contribution in [0.15, 0.2) is 34.4 Å². The molecule has 1 aliphatic carbocycles. The summed E-state index contributed by atoms with van der Waals surface area (Å²) in [5.41, 5.74) is -0.129. The van der Waals surface area contributed by atoms with E-state index < -0.39 is 17.7 Å². The summed E-state index contributed by atoms with van der Waals surface area (Å²) >= 11 is 2.79. The number of alkyl halides is 3. The molecular weight excluding hydrogens is 435 g/mol. The van der Waals surface area contributed by atoms with Crippen molar-refractivity contribution in [3.8, 4) is 0 Å². The Hall–Kier alpha value is -1.94. The Morgan fingerprint density at radius 3 is 2.40 bits per heavy atom. The van der Waals surface area contributed by atoms with Gasteiger partial charge in [0.05, 0.1) is 5.56 Å². The van der Waals surface area contributed by atoms with Crippen LogP contribution in [0.5, 0.6) is 0 Å². The molecule has 0 unspecified atom stereocenters. The standard InChI is InChI=1S/C20H22F3N3O2S2/c1-29-19-25-16(24-11-12-7-9-13(10-8-12)20(21,22)23)15(18(27)28)17(26-19)30-14-5-3-2-4-6-14/h7-10,14H,2-6,11H2,1H3,(H,27,28)(H,24,25,26). The molecule has 1 fully saturated rings. The Morgan fingerprint density at radius 2 is 1.83 bits per heavy atom. The summed E-state index contributed by atoms with van der Waals surface area (Å²) in [6, 6.07) is 4.74. The molecule has 2 N–H and O–H groups in total. The maximum absolute atomic E-state index is 12.7. The monoisotopic (exact) mass is 457 g/mol. The zero-order valence-corrected chi connectivity index (χ0v) is 18.0. The van der Waals surface area contributed by atoms with Crippen molar-refractivity contribution in [1.29, 1.82) is 0 Å². The molecule has 3 rings (SSSR count). The van der Waals surface area contributed by atoms with Gasteiger partial charge in [0.1, 0.15) is 16.4 Å². The summed E-state index contributed by atoms with van der Waals surface area (Å²) < 4.78 is 38.2. The van der Waals surface area contributed by atoms with E-state index in [-0.39, 0.29) is 17.9 Å². The third-order valence-electron chi connectivity index (χ3n) is 4.82. The molecule has 0 saturated heterocycles. The lowest BCUT2D eigenvalue weighted by Gasteiger charge is -2.22. The van der Waals surface area contributed by atoms with Crippen LogP contribution < -0.4 is 5.32 Å². The van der Waals surface area contributed by atoms with Gasteiger partial charge in [-0.05, 0) is 36.8 Å². The van der Waals surface area contributed by atoms with Crippen molar-refractivity contribution < 1.29 is 23.1 Å². The fourth-order valence-electron chi connectivity index (χ4n) is 3.26. The average molecular weight is 458 g/mol. The van der Waals surface area contributed by atoms with Gasteiger partial charge in [0.25, 0.3) is 0 Å². The number of hydrogen-bond acceptors (Lipinski definition) is 6. The quantitative estimate of drug-likeness (QED) is 0.302. The van der Waals surface area contributed by atoms with Gasteiger partial charge >= 0.3 is 12.1 Å². The Bertz CT molecular complexity index is 886. The van der Waals surface area contributed by atoms with Gasteiger partial charge in [-0.25, -0.2) is 14.8 Å². The van der Waals surface area contributed by atoms with E-state index in [1.54, 1.807) is 0 Å². The highest BCUT2D eigenvalue weighted by Gasteiger charge is 2.30. The minimum Gasteiger partial charge on any atom is -0.477 e. The van der Waals surface area contributed by atoms with E-state index in [1.807, 2.05) is 6.26 Å². The number of nitrogens with one attached hydrogen (secondary N) is 1. The number of carbonyl (C=O) groups is 1. The summed E-state index contributed by atoms with van der Waals surface area (Å²) in [6.07, 6.45) is 2.91. The van der Waals surface area contributed by atoms with Gasteiger partial charge in [0.2, 0.25) is 0 Å². The van der Waals surface area contributed by atoms with Crippen molar-refractivity contribution in [2.24, 2.45) is 0 Å². The molecule has 162 valence electrons. The van der Waals surface area contributed by atoms with Crippen LogP contribution in [0.25, 0.3) is 0 Å². The van der Waals surface area contributed by atoms with E-state index >= 15 is 0 Å². The first-order valence-corrected chi connectivity index (χ1v) is 11.6. The van der Waals surface area contributed by atoms with Gasteiger partial charge in [0.15, 0.2) is 5.16 Å². The lowest BCUT2D eigenvalue weighted by Crippen LogP contribution is -2.15. The fourth-order valence-corrected chi connectivity index (χ4v) is 5.00. The van der Waals surface area contributed by atoms with E-state index in [2.05, 4.69) is 15.3 Å². The smallest absolute Gasteiger partial charge is 0.416 e. The Balaban J connectivity index is 1.83. The van der Waals surface area contributed by atoms with Crippen LogP contribution in [-0.2, 0) is 12.7 Å². The Kier molecular flexibility index (Phi) is 7.51. The van der Waals surface area contributed by atoms with Gasteiger partial charge in [-0.15, -0.1) is 11.8 Å². The highest BCUT2D eigenvalue weighted by Crippen LogP contribution is 2.37. The maximum atomic E-state index is 12.7. The molecule has 0 bridgehead atoms. The number of benzene rings is 1. The number of nitrogens with zero attached hydrogens (tertiary/aromatic N) is 2. The molecule has 0 radical (unpaired) electrons. The van der Waals surface area contributed by atoms with E-state index in [4.69, 9.17) is 0 Å². The SMILES string of the molecule is CSc1nc(NCc2ccc(C(F)(F)F)cc2)c(C(=O)O)c(SC2CCCCC2)n1. The van der Waals surface area contributed by atoms with Crippen molar-refractivity contribution in [2.75, 3.05) is 11.6 Å². The van der Waals surface area contributed by atoms with Crippen LogP contribution in [-0.4, -0.2) is 32.5 Å². The second-order valence-electron chi connectivity index (χ2n) is 6.97. The number of thioether (sulfide) groups is 2. The summed E-state index contributed by atoms with van der Waals surface area (Å²) in [5, 5.41) is 14.0. The lowest BCUT2D eigenvalue weighted by molar-refractivity contribution is -0.137. The highest BCUT2D eigenvalue weighted by atomic mass is 32.2. The first-order chi connectivity index (χ1) is 14.3. The molecule has 30 heavy (non-hydrogen) atoms. The number of aromatic carboxylic acids is 1. The topological polar surface area (TPSA) is 75.1 Å². The Labute approximate surface area is 181 Å². The van der Waals surface area contributed by atoms with Crippen LogP contribution in [0, 0.1) is 0 Å². The maximum Gasteiger partial charge on any atom is 0.416 e. The summed E-state index contributed by atoms with van der Waals surface area (Å²) in [4.78, 5) is 20.7. The Morgan fingerprint density at radius 1 is 1.17 bits per heavy atom. The van der Waals surface area contributed by atoms with Crippen molar-refractivity contribution in [2.45, 2.75) is 60.3 Å². The third kappa shape index (κ3) is 5.81. The van der Waals surface area contributed by atoms with Crippen molar-refractivity contribution in [1.82, 2.24) is 9.97 Å². The van der Waals surface area contributed by atoms with Crippen molar-refractivity contribution in [3.05, 3.63) is 41.0 Å². The molecule has 0 atom stereocenters. The first kappa shape index (κ1) is 22.7. The first-order valence-electron chi connectivity index (χ1n) is 9.54. The van der Waals surface area contributed by atoms with Crippen LogP contribution in [0.4, 0.5) is 19.0 Å². The minimum atomic E-state index is -4.40. The van der Waals surface area contributed by atoms with Crippen LogP contribution in [0.1, 0.15) is 53.6 Å². The molecule has 5 nitrogen and oxygen atoms in total. The highest BCUT2D eigenvalue weighted by molar-refractivity contribution is 8.00. The molecule has 0 spiro atoms. The average Bonchev–Trinajstić information content (AvgIpc) is 2.72.